The first-order valence-electron chi connectivity index (χ1n) is 7.35. The van der Waals surface area contributed by atoms with E-state index in [2.05, 4.69) is 15.9 Å². The molecule has 0 bridgehead atoms. The topological polar surface area (TPSA) is 66.8 Å². The SMILES string of the molecule is COc1cc(/C=C2/SC(=O)N(Cc3cccc(Br)c3)C2=O)ccc1O. The smallest absolute Gasteiger partial charge is 0.293 e. The second-order valence-corrected chi connectivity index (χ2v) is 7.24. The van der Waals surface area contributed by atoms with Gasteiger partial charge >= 0.3 is 0 Å². The molecule has 0 aromatic heterocycles. The van der Waals surface area contributed by atoms with Crippen LogP contribution in [0, 0.1) is 0 Å². The molecule has 128 valence electrons. The molecule has 0 atom stereocenters. The molecule has 25 heavy (non-hydrogen) atoms. The third-order valence-corrected chi connectivity index (χ3v) is 5.01. The molecule has 2 aromatic rings. The molecule has 7 heteroatoms. The second-order valence-electron chi connectivity index (χ2n) is 5.33. The van der Waals surface area contributed by atoms with Gasteiger partial charge in [-0.25, -0.2) is 0 Å². The first-order valence-corrected chi connectivity index (χ1v) is 8.95. The fraction of sp³-hybridized carbons (Fsp3) is 0.111. The number of rotatable bonds is 4. The number of nitrogens with zero attached hydrogens (tertiary/aromatic N) is 1. The summed E-state index contributed by atoms with van der Waals surface area (Å²) in [6, 6.07) is 12.2. The molecule has 2 amide bonds. The van der Waals surface area contributed by atoms with Crippen LogP contribution in [0.5, 0.6) is 11.5 Å². The van der Waals surface area contributed by atoms with Gasteiger partial charge in [-0.3, -0.25) is 14.5 Å². The van der Waals surface area contributed by atoms with Crippen LogP contribution in [0.15, 0.2) is 51.8 Å². The predicted molar refractivity (Wildman–Crippen MR) is 100 cm³/mol. The summed E-state index contributed by atoms with van der Waals surface area (Å²) >= 11 is 4.28. The van der Waals surface area contributed by atoms with Crippen molar-refractivity contribution in [1.82, 2.24) is 4.90 Å². The normalized spacial score (nSPS) is 15.9. The van der Waals surface area contributed by atoms with Gasteiger partial charge in [0.15, 0.2) is 11.5 Å². The first-order chi connectivity index (χ1) is 12.0. The third kappa shape index (κ3) is 3.88. The number of hydrogen-bond donors (Lipinski definition) is 1. The van der Waals surface area contributed by atoms with Gasteiger partial charge in [0.2, 0.25) is 0 Å². The Morgan fingerprint density at radius 2 is 2.04 bits per heavy atom. The van der Waals surface area contributed by atoms with Gasteiger partial charge in [-0.15, -0.1) is 0 Å². The summed E-state index contributed by atoms with van der Waals surface area (Å²) in [6.07, 6.45) is 1.62. The van der Waals surface area contributed by atoms with Crippen LogP contribution in [0.3, 0.4) is 0 Å². The molecule has 1 aliphatic heterocycles. The van der Waals surface area contributed by atoms with E-state index >= 15 is 0 Å². The Morgan fingerprint density at radius 1 is 1.24 bits per heavy atom. The molecule has 0 saturated carbocycles. The van der Waals surface area contributed by atoms with Crippen molar-refractivity contribution in [1.29, 1.82) is 0 Å². The minimum atomic E-state index is -0.331. The zero-order valence-corrected chi connectivity index (χ0v) is 15.6. The van der Waals surface area contributed by atoms with Crippen molar-refractivity contribution < 1.29 is 19.4 Å². The quantitative estimate of drug-likeness (QED) is 0.743. The van der Waals surface area contributed by atoms with Gasteiger partial charge in [0.1, 0.15) is 0 Å². The molecule has 3 rings (SSSR count). The molecule has 2 aromatic carbocycles. The monoisotopic (exact) mass is 419 g/mol. The molecule has 1 aliphatic rings. The molecule has 0 spiro atoms. The number of halogens is 1. The molecular weight excluding hydrogens is 406 g/mol. The maximum Gasteiger partial charge on any atom is 0.293 e. The lowest BCUT2D eigenvalue weighted by atomic mass is 10.1. The molecule has 0 unspecified atom stereocenters. The Hall–Kier alpha value is -2.25. The number of carbonyl (C=O) groups is 2. The van der Waals surface area contributed by atoms with E-state index in [0.29, 0.717) is 16.2 Å². The van der Waals surface area contributed by atoms with Crippen LogP contribution in [-0.4, -0.2) is 28.3 Å². The highest BCUT2D eigenvalue weighted by Crippen LogP contribution is 2.35. The van der Waals surface area contributed by atoms with E-state index in [1.165, 1.54) is 18.1 Å². The number of phenolic OH excluding ortho intramolecular Hbond substituents is 1. The molecule has 1 heterocycles. The van der Waals surface area contributed by atoms with E-state index in [1.807, 2.05) is 24.3 Å². The molecular formula is C18H14BrNO4S. The lowest BCUT2D eigenvalue weighted by Gasteiger charge is -2.12. The lowest BCUT2D eigenvalue weighted by Crippen LogP contribution is -2.27. The Bertz CT molecular complexity index is 881. The average Bonchev–Trinajstić information content (AvgIpc) is 2.84. The van der Waals surface area contributed by atoms with Crippen molar-refractivity contribution >= 4 is 44.9 Å². The van der Waals surface area contributed by atoms with E-state index in [4.69, 9.17) is 4.74 Å². The van der Waals surface area contributed by atoms with Crippen LogP contribution < -0.4 is 4.74 Å². The summed E-state index contributed by atoms with van der Waals surface area (Å²) in [5.41, 5.74) is 1.53. The van der Waals surface area contributed by atoms with Crippen molar-refractivity contribution in [2.75, 3.05) is 7.11 Å². The number of imide groups is 1. The number of thioether (sulfide) groups is 1. The molecule has 1 fully saturated rings. The number of ether oxygens (including phenoxy) is 1. The van der Waals surface area contributed by atoms with Crippen molar-refractivity contribution in [2.45, 2.75) is 6.54 Å². The number of phenols is 1. The van der Waals surface area contributed by atoms with Gasteiger partial charge in [0.05, 0.1) is 18.6 Å². The van der Waals surface area contributed by atoms with Crippen LogP contribution in [0.1, 0.15) is 11.1 Å². The van der Waals surface area contributed by atoms with Crippen LogP contribution in [0.25, 0.3) is 6.08 Å². The Labute approximate surface area is 157 Å². The Kier molecular flexibility index (Phi) is 5.15. The van der Waals surface area contributed by atoms with Gasteiger partial charge in [0, 0.05) is 4.47 Å². The number of benzene rings is 2. The highest BCUT2D eigenvalue weighted by atomic mass is 79.9. The largest absolute Gasteiger partial charge is 0.504 e. The summed E-state index contributed by atoms with van der Waals surface area (Å²) < 4.78 is 5.95. The second kappa shape index (κ2) is 7.33. The molecule has 1 saturated heterocycles. The summed E-state index contributed by atoms with van der Waals surface area (Å²) in [6.45, 7) is 0.223. The number of aromatic hydroxyl groups is 1. The van der Waals surface area contributed by atoms with Crippen molar-refractivity contribution in [3.8, 4) is 11.5 Å². The maximum atomic E-state index is 12.6. The lowest BCUT2D eigenvalue weighted by molar-refractivity contribution is -0.123. The molecule has 5 nitrogen and oxygen atoms in total. The fourth-order valence-electron chi connectivity index (χ4n) is 2.39. The summed E-state index contributed by atoms with van der Waals surface area (Å²) in [5, 5.41) is 9.33. The average molecular weight is 420 g/mol. The summed E-state index contributed by atoms with van der Waals surface area (Å²) in [7, 11) is 1.45. The Balaban J connectivity index is 1.83. The maximum absolute atomic E-state index is 12.6. The standard InChI is InChI=1S/C18H14BrNO4S/c1-24-15-8-11(5-6-14(15)21)9-16-17(22)20(18(23)25-16)10-12-3-2-4-13(19)7-12/h2-9,21H,10H2,1H3/b16-9+. The van der Waals surface area contributed by atoms with Gasteiger partial charge in [-0.05, 0) is 53.2 Å². The van der Waals surface area contributed by atoms with Gasteiger partial charge in [-0.2, -0.15) is 0 Å². The minimum Gasteiger partial charge on any atom is -0.504 e. The van der Waals surface area contributed by atoms with E-state index in [0.717, 1.165) is 21.8 Å². The van der Waals surface area contributed by atoms with Crippen LogP contribution in [0.2, 0.25) is 0 Å². The van der Waals surface area contributed by atoms with Gasteiger partial charge in [-0.1, -0.05) is 34.1 Å². The summed E-state index contributed by atoms with van der Waals surface area (Å²) in [5.74, 6) is -0.00783. The van der Waals surface area contributed by atoms with E-state index < -0.39 is 0 Å². The van der Waals surface area contributed by atoms with E-state index in [9.17, 15) is 14.7 Å². The highest BCUT2D eigenvalue weighted by Gasteiger charge is 2.35. The van der Waals surface area contributed by atoms with Crippen LogP contribution in [0.4, 0.5) is 4.79 Å². The first kappa shape index (κ1) is 17.6. The number of amides is 2. The predicted octanol–water partition coefficient (Wildman–Crippen LogP) is 4.40. The fourth-order valence-corrected chi connectivity index (χ4v) is 3.67. The Morgan fingerprint density at radius 3 is 2.76 bits per heavy atom. The molecule has 1 N–H and O–H groups in total. The minimum absolute atomic E-state index is 0.0161. The van der Waals surface area contributed by atoms with E-state index in [1.54, 1.807) is 18.2 Å². The van der Waals surface area contributed by atoms with Crippen molar-refractivity contribution in [3.63, 3.8) is 0 Å². The zero-order chi connectivity index (χ0) is 18.0. The number of hydrogen-bond acceptors (Lipinski definition) is 5. The zero-order valence-electron chi connectivity index (χ0n) is 13.2. The van der Waals surface area contributed by atoms with E-state index in [-0.39, 0.29) is 23.4 Å². The molecule has 0 radical (unpaired) electrons. The molecule has 0 aliphatic carbocycles. The van der Waals surface area contributed by atoms with Crippen LogP contribution >= 0.6 is 27.7 Å². The van der Waals surface area contributed by atoms with Crippen molar-refractivity contribution in [3.05, 3.63) is 63.0 Å². The van der Waals surface area contributed by atoms with Crippen LogP contribution in [-0.2, 0) is 11.3 Å². The third-order valence-electron chi connectivity index (χ3n) is 3.60. The number of methoxy groups -OCH3 is 1. The van der Waals surface area contributed by atoms with Crippen molar-refractivity contribution in [2.24, 2.45) is 0 Å². The van der Waals surface area contributed by atoms with Gasteiger partial charge in [0.25, 0.3) is 11.1 Å². The van der Waals surface area contributed by atoms with Gasteiger partial charge < -0.3 is 9.84 Å². The highest BCUT2D eigenvalue weighted by molar-refractivity contribution is 9.10. The number of carbonyl (C=O) groups excluding carboxylic acids is 2. The summed E-state index contributed by atoms with van der Waals surface area (Å²) in [4.78, 5) is 26.3.